The number of allylic oxidation sites excluding steroid dienone is 1. The minimum atomic E-state index is -0.0717. The van der Waals surface area contributed by atoms with Gasteiger partial charge in [-0.2, -0.15) is 0 Å². The fourth-order valence-electron chi connectivity index (χ4n) is 2.51. The fraction of sp³-hybridized carbons (Fsp3) is 0.158. The number of H-pyrrole nitrogens is 1. The highest BCUT2D eigenvalue weighted by Gasteiger charge is 2.06. The largest absolute Gasteiger partial charge is 0.325 e. The third kappa shape index (κ3) is 3.48. The molecule has 23 heavy (non-hydrogen) atoms. The van der Waals surface area contributed by atoms with Crippen molar-refractivity contribution in [3.63, 3.8) is 0 Å². The predicted molar refractivity (Wildman–Crippen MR) is 93.2 cm³/mol. The van der Waals surface area contributed by atoms with Crippen LogP contribution in [0.4, 0.5) is 0 Å². The van der Waals surface area contributed by atoms with Gasteiger partial charge in [0.1, 0.15) is 0 Å². The lowest BCUT2D eigenvalue weighted by atomic mass is 10.1. The maximum absolute atomic E-state index is 12.3. The molecule has 1 N–H and O–H groups in total. The van der Waals surface area contributed by atoms with Gasteiger partial charge < -0.3 is 9.55 Å². The normalized spacial score (nSPS) is 10.5. The van der Waals surface area contributed by atoms with E-state index < -0.39 is 0 Å². The van der Waals surface area contributed by atoms with Crippen LogP contribution in [0.5, 0.6) is 0 Å². The molecule has 2 heterocycles. The Balaban J connectivity index is 1.89. The second-order valence-corrected chi connectivity index (χ2v) is 5.76. The molecule has 0 spiro atoms. The molecule has 0 fully saturated rings. The van der Waals surface area contributed by atoms with E-state index in [1.807, 2.05) is 67.1 Å². The number of aromatic amines is 1. The summed E-state index contributed by atoms with van der Waals surface area (Å²) in [6.07, 6.45) is 5.67. The van der Waals surface area contributed by atoms with Crippen LogP contribution in [0.3, 0.4) is 0 Å². The Labute approximate surface area is 135 Å². The van der Waals surface area contributed by atoms with Crippen molar-refractivity contribution in [2.45, 2.75) is 20.4 Å². The number of hydrogen-bond acceptors (Lipinski definition) is 2. The maximum Gasteiger partial charge on any atom is 0.256 e. The van der Waals surface area contributed by atoms with Crippen LogP contribution in [0.1, 0.15) is 25.2 Å². The zero-order chi connectivity index (χ0) is 16.2. The Kier molecular flexibility index (Phi) is 4.24. The quantitative estimate of drug-likeness (QED) is 0.799. The Morgan fingerprint density at radius 2 is 1.96 bits per heavy atom. The average Bonchev–Trinajstić information content (AvgIpc) is 2.94. The molecule has 116 valence electrons. The molecule has 0 bridgehead atoms. The minimum Gasteiger partial charge on any atom is -0.325 e. The van der Waals surface area contributed by atoms with Crippen LogP contribution in [-0.2, 0) is 6.54 Å². The summed E-state index contributed by atoms with van der Waals surface area (Å²) in [7, 11) is 0. The van der Waals surface area contributed by atoms with Crippen molar-refractivity contribution in [1.29, 1.82) is 0 Å². The van der Waals surface area contributed by atoms with Crippen molar-refractivity contribution in [2.75, 3.05) is 0 Å². The van der Waals surface area contributed by atoms with Crippen LogP contribution in [0.25, 0.3) is 17.2 Å². The first kappa shape index (κ1) is 15.0. The van der Waals surface area contributed by atoms with Gasteiger partial charge in [-0.25, -0.2) is 4.98 Å². The summed E-state index contributed by atoms with van der Waals surface area (Å²) in [6.45, 7) is 4.69. The first-order valence-corrected chi connectivity index (χ1v) is 7.56. The van der Waals surface area contributed by atoms with E-state index in [2.05, 4.69) is 16.0 Å². The highest BCUT2D eigenvalue weighted by molar-refractivity contribution is 5.62. The summed E-state index contributed by atoms with van der Waals surface area (Å²) in [5.74, 6) is 0. The molecule has 0 atom stereocenters. The van der Waals surface area contributed by atoms with Crippen molar-refractivity contribution in [2.24, 2.45) is 0 Å². The molecule has 2 aromatic heterocycles. The number of benzene rings is 1. The van der Waals surface area contributed by atoms with Crippen LogP contribution in [0.2, 0.25) is 0 Å². The zero-order valence-electron chi connectivity index (χ0n) is 13.3. The van der Waals surface area contributed by atoms with Gasteiger partial charge in [-0.1, -0.05) is 35.9 Å². The van der Waals surface area contributed by atoms with E-state index >= 15 is 0 Å². The lowest BCUT2D eigenvalue weighted by Gasteiger charge is -2.07. The van der Waals surface area contributed by atoms with Gasteiger partial charge in [0.15, 0.2) is 0 Å². The van der Waals surface area contributed by atoms with E-state index in [1.54, 1.807) is 6.33 Å². The van der Waals surface area contributed by atoms with Crippen molar-refractivity contribution in [3.05, 3.63) is 82.3 Å². The highest BCUT2D eigenvalue weighted by atomic mass is 16.1. The summed E-state index contributed by atoms with van der Waals surface area (Å²) in [4.78, 5) is 19.5. The van der Waals surface area contributed by atoms with E-state index in [4.69, 9.17) is 0 Å². The third-order valence-electron chi connectivity index (χ3n) is 3.58. The predicted octanol–water partition coefficient (Wildman–Crippen LogP) is 3.71. The molecule has 0 saturated carbocycles. The van der Waals surface area contributed by atoms with Gasteiger partial charge in [-0.3, -0.25) is 4.79 Å². The SMILES string of the molecule is CC(C)=Cc1cncn1Cc1ccc(-c2ccccc2)c(=O)[nH]1. The van der Waals surface area contributed by atoms with E-state index in [9.17, 15) is 4.79 Å². The smallest absolute Gasteiger partial charge is 0.256 e. The molecule has 0 amide bonds. The molecular formula is C19H19N3O. The molecular weight excluding hydrogens is 286 g/mol. The lowest BCUT2D eigenvalue weighted by molar-refractivity contribution is 0.762. The summed E-state index contributed by atoms with van der Waals surface area (Å²) in [6, 6.07) is 13.5. The fourth-order valence-corrected chi connectivity index (χ4v) is 2.51. The second kappa shape index (κ2) is 6.48. The van der Waals surface area contributed by atoms with Crippen LogP contribution < -0.4 is 5.56 Å². The number of hydrogen-bond donors (Lipinski definition) is 1. The topological polar surface area (TPSA) is 50.7 Å². The van der Waals surface area contributed by atoms with Crippen LogP contribution in [-0.4, -0.2) is 14.5 Å². The van der Waals surface area contributed by atoms with Gasteiger partial charge in [-0.05, 0) is 37.6 Å². The summed E-state index contributed by atoms with van der Waals surface area (Å²) < 4.78 is 2.01. The molecule has 4 heteroatoms. The summed E-state index contributed by atoms with van der Waals surface area (Å²) in [5, 5.41) is 0. The van der Waals surface area contributed by atoms with E-state index in [0.717, 1.165) is 17.0 Å². The second-order valence-electron chi connectivity index (χ2n) is 5.76. The number of rotatable bonds is 4. The molecule has 0 aliphatic carbocycles. The van der Waals surface area contributed by atoms with Crippen molar-refractivity contribution in [1.82, 2.24) is 14.5 Å². The first-order chi connectivity index (χ1) is 11.1. The molecule has 0 aliphatic heterocycles. The Hall–Kier alpha value is -2.88. The minimum absolute atomic E-state index is 0.0717. The van der Waals surface area contributed by atoms with Gasteiger partial charge in [-0.15, -0.1) is 0 Å². The van der Waals surface area contributed by atoms with Crippen molar-refractivity contribution >= 4 is 6.08 Å². The molecule has 0 aliphatic rings. The maximum atomic E-state index is 12.3. The number of pyridine rings is 1. The van der Waals surface area contributed by atoms with Gasteiger partial charge in [0.25, 0.3) is 5.56 Å². The van der Waals surface area contributed by atoms with Crippen molar-refractivity contribution in [3.8, 4) is 11.1 Å². The number of nitrogens with one attached hydrogen (secondary N) is 1. The Morgan fingerprint density at radius 1 is 1.17 bits per heavy atom. The molecule has 1 aromatic carbocycles. The number of aromatic nitrogens is 3. The number of imidazole rings is 1. The van der Waals surface area contributed by atoms with Crippen molar-refractivity contribution < 1.29 is 0 Å². The van der Waals surface area contributed by atoms with Gasteiger partial charge in [0.2, 0.25) is 0 Å². The molecule has 0 saturated heterocycles. The van der Waals surface area contributed by atoms with E-state index in [-0.39, 0.29) is 5.56 Å². The van der Waals surface area contributed by atoms with E-state index in [1.165, 1.54) is 5.57 Å². The summed E-state index contributed by atoms with van der Waals surface area (Å²) in [5.41, 5.74) is 4.63. The monoisotopic (exact) mass is 305 g/mol. The van der Waals surface area contributed by atoms with Crippen LogP contribution >= 0.6 is 0 Å². The molecule has 4 nitrogen and oxygen atoms in total. The third-order valence-corrected chi connectivity index (χ3v) is 3.58. The Bertz CT molecular complexity index is 884. The lowest BCUT2D eigenvalue weighted by Crippen LogP contribution is -2.13. The molecule has 3 rings (SSSR count). The zero-order valence-corrected chi connectivity index (χ0v) is 13.3. The first-order valence-electron chi connectivity index (χ1n) is 7.56. The van der Waals surface area contributed by atoms with Gasteiger partial charge >= 0.3 is 0 Å². The van der Waals surface area contributed by atoms with Crippen LogP contribution in [0.15, 0.2) is 65.4 Å². The highest BCUT2D eigenvalue weighted by Crippen LogP contribution is 2.15. The summed E-state index contributed by atoms with van der Waals surface area (Å²) >= 11 is 0. The van der Waals surface area contributed by atoms with Crippen LogP contribution in [0, 0.1) is 0 Å². The molecule has 3 aromatic rings. The average molecular weight is 305 g/mol. The molecule has 0 unspecified atom stereocenters. The standard InChI is InChI=1S/C19H19N3O/c1-14(2)10-17-11-20-13-22(17)12-16-8-9-18(19(23)21-16)15-6-4-3-5-7-15/h3-11,13H,12H2,1-2H3,(H,21,23). The Morgan fingerprint density at radius 3 is 2.65 bits per heavy atom. The van der Waals surface area contributed by atoms with Gasteiger partial charge in [0.05, 0.1) is 24.8 Å². The molecule has 0 radical (unpaired) electrons. The van der Waals surface area contributed by atoms with Gasteiger partial charge in [0, 0.05) is 11.3 Å². The van der Waals surface area contributed by atoms with E-state index in [0.29, 0.717) is 12.1 Å². The number of nitrogens with zero attached hydrogens (tertiary/aromatic N) is 2.